The van der Waals surface area contributed by atoms with Gasteiger partial charge in [0.2, 0.25) is 0 Å². The van der Waals surface area contributed by atoms with E-state index in [1.807, 2.05) is 19.2 Å². The van der Waals surface area contributed by atoms with Gasteiger partial charge in [0.05, 0.1) is 0 Å². The van der Waals surface area contributed by atoms with Gasteiger partial charge in [-0.1, -0.05) is 13.0 Å². The van der Waals surface area contributed by atoms with Crippen molar-refractivity contribution in [2.24, 2.45) is 0 Å². The normalized spacial score (nSPS) is 16.1. The summed E-state index contributed by atoms with van der Waals surface area (Å²) >= 11 is 0. The van der Waals surface area contributed by atoms with Crippen LogP contribution in [0.4, 0.5) is 0 Å². The Balaban J connectivity index is 2.22. The molecule has 1 aliphatic heterocycles. The fourth-order valence-corrected chi connectivity index (χ4v) is 1.09. The molecule has 0 bridgehead atoms. The van der Waals surface area contributed by atoms with E-state index in [9.17, 15) is 0 Å². The molecule has 1 heterocycles. The molecule has 3 nitrogen and oxygen atoms in total. The Morgan fingerprint density at radius 3 is 3.08 bits per heavy atom. The van der Waals surface area contributed by atoms with E-state index in [4.69, 9.17) is 5.21 Å². The van der Waals surface area contributed by atoms with Crippen LogP contribution in [0.2, 0.25) is 0 Å². The second kappa shape index (κ2) is 4.95. The van der Waals surface area contributed by atoms with Gasteiger partial charge in [0.1, 0.15) is 0 Å². The van der Waals surface area contributed by atoms with Crippen LogP contribution in [-0.4, -0.2) is 29.9 Å². The molecule has 0 unspecified atom stereocenters. The van der Waals surface area contributed by atoms with Gasteiger partial charge in [-0.15, -0.1) is 0 Å². The first kappa shape index (κ1) is 9.29. The van der Waals surface area contributed by atoms with Crippen LogP contribution in [0, 0.1) is 0 Å². The quantitative estimate of drug-likeness (QED) is 0.618. The lowest BCUT2D eigenvalue weighted by atomic mass is 10.1. The van der Waals surface area contributed by atoms with Gasteiger partial charge >= 0.3 is 0 Å². The van der Waals surface area contributed by atoms with E-state index in [2.05, 4.69) is 11.4 Å². The van der Waals surface area contributed by atoms with E-state index in [-0.39, 0.29) is 0 Å². The first-order valence-corrected chi connectivity index (χ1v) is 4.35. The lowest BCUT2D eigenvalue weighted by molar-refractivity contribution is -0.0848. The number of hydrogen-bond acceptors (Lipinski definition) is 3. The predicted octanol–water partition coefficient (Wildman–Crippen LogP) is 1.13. The molecule has 2 N–H and O–H groups in total. The lowest BCUT2D eigenvalue weighted by Crippen LogP contribution is -2.20. The molecule has 0 saturated carbocycles. The van der Waals surface area contributed by atoms with Crippen molar-refractivity contribution < 1.29 is 5.21 Å². The molecule has 0 aromatic rings. The molecule has 1 rings (SSSR count). The van der Waals surface area contributed by atoms with E-state index in [0.717, 1.165) is 13.0 Å². The van der Waals surface area contributed by atoms with Gasteiger partial charge in [0.25, 0.3) is 0 Å². The highest BCUT2D eigenvalue weighted by atomic mass is 16.5. The zero-order chi connectivity index (χ0) is 8.81. The minimum Gasteiger partial charge on any atom is -0.387 e. The van der Waals surface area contributed by atoms with E-state index in [1.54, 1.807) is 0 Å². The molecular weight excluding hydrogens is 152 g/mol. The number of hydroxylamine groups is 2. The summed E-state index contributed by atoms with van der Waals surface area (Å²) in [6.07, 6.45) is 7.06. The fourth-order valence-electron chi connectivity index (χ4n) is 1.09. The second-order valence-corrected chi connectivity index (χ2v) is 2.82. The topological polar surface area (TPSA) is 35.5 Å². The number of hydrogen-bond donors (Lipinski definition) is 2. The Morgan fingerprint density at radius 2 is 2.50 bits per heavy atom. The third-order valence-corrected chi connectivity index (χ3v) is 1.92. The van der Waals surface area contributed by atoms with Gasteiger partial charge in [-0.3, -0.25) is 0 Å². The summed E-state index contributed by atoms with van der Waals surface area (Å²) in [4.78, 5) is 0. The van der Waals surface area contributed by atoms with Crippen LogP contribution >= 0.6 is 0 Å². The van der Waals surface area contributed by atoms with Gasteiger partial charge in [0.15, 0.2) is 0 Å². The lowest BCUT2D eigenvalue weighted by Gasteiger charge is -2.13. The summed E-state index contributed by atoms with van der Waals surface area (Å²) in [5.41, 5.74) is 1.29. The second-order valence-electron chi connectivity index (χ2n) is 2.82. The number of dihydropyridines is 1. The molecule has 0 fully saturated rings. The summed E-state index contributed by atoms with van der Waals surface area (Å²) in [6, 6.07) is 0. The first-order valence-electron chi connectivity index (χ1n) is 4.35. The highest BCUT2D eigenvalue weighted by molar-refractivity contribution is 5.22. The van der Waals surface area contributed by atoms with Gasteiger partial charge in [-0.2, -0.15) is 5.06 Å². The highest BCUT2D eigenvalue weighted by Gasteiger charge is 1.99. The largest absolute Gasteiger partial charge is 0.387 e. The van der Waals surface area contributed by atoms with E-state index < -0.39 is 0 Å². The van der Waals surface area contributed by atoms with Gasteiger partial charge in [0, 0.05) is 19.6 Å². The molecule has 3 heteroatoms. The Morgan fingerprint density at radius 1 is 1.67 bits per heavy atom. The third kappa shape index (κ3) is 3.07. The number of rotatable bonds is 4. The van der Waals surface area contributed by atoms with E-state index in [1.165, 1.54) is 10.6 Å². The maximum atomic E-state index is 9.15. The van der Waals surface area contributed by atoms with Crippen molar-refractivity contribution >= 4 is 0 Å². The Kier molecular flexibility index (Phi) is 3.84. The Hall–Kier alpha value is -0.800. The van der Waals surface area contributed by atoms with E-state index >= 15 is 0 Å². The van der Waals surface area contributed by atoms with Crippen molar-refractivity contribution in [2.75, 3.05) is 19.6 Å². The van der Waals surface area contributed by atoms with Crippen molar-refractivity contribution in [1.82, 2.24) is 10.4 Å². The van der Waals surface area contributed by atoms with Crippen molar-refractivity contribution in [3.05, 3.63) is 23.9 Å². The smallest absolute Gasteiger partial charge is 0.0331 e. The molecule has 68 valence electrons. The van der Waals surface area contributed by atoms with Crippen LogP contribution in [0.15, 0.2) is 23.9 Å². The van der Waals surface area contributed by atoms with Crippen LogP contribution in [0.1, 0.15) is 13.3 Å². The first-order chi connectivity index (χ1) is 5.83. The maximum Gasteiger partial charge on any atom is 0.0331 e. The summed E-state index contributed by atoms with van der Waals surface area (Å²) < 4.78 is 0. The van der Waals surface area contributed by atoms with Crippen molar-refractivity contribution in [1.29, 1.82) is 0 Å². The molecule has 0 amide bonds. The molecule has 0 radical (unpaired) electrons. The van der Waals surface area contributed by atoms with Crippen LogP contribution in [0.25, 0.3) is 0 Å². The molecule has 0 aliphatic carbocycles. The average molecular weight is 168 g/mol. The van der Waals surface area contributed by atoms with Crippen molar-refractivity contribution in [2.45, 2.75) is 13.3 Å². The van der Waals surface area contributed by atoms with Crippen molar-refractivity contribution in [3.8, 4) is 0 Å². The summed E-state index contributed by atoms with van der Waals surface area (Å²) in [7, 11) is 0. The molecule has 0 atom stereocenters. The average Bonchev–Trinajstić information content (AvgIpc) is 2.16. The molecule has 0 saturated heterocycles. The monoisotopic (exact) mass is 168 g/mol. The summed E-state index contributed by atoms with van der Waals surface area (Å²) in [6.45, 7) is 4.25. The van der Waals surface area contributed by atoms with E-state index in [0.29, 0.717) is 13.1 Å². The molecular formula is C9H16N2O. The maximum absolute atomic E-state index is 9.15. The van der Waals surface area contributed by atoms with Crippen LogP contribution in [-0.2, 0) is 0 Å². The minimum absolute atomic E-state index is 0.690. The Labute approximate surface area is 73.3 Å². The predicted molar refractivity (Wildman–Crippen MR) is 48.9 cm³/mol. The highest BCUT2D eigenvalue weighted by Crippen LogP contribution is 2.05. The summed E-state index contributed by atoms with van der Waals surface area (Å²) in [5, 5.41) is 13.6. The number of allylic oxidation sites excluding steroid dienone is 1. The molecule has 1 aliphatic rings. The SMILES string of the molecule is CCN(O)CCC1=CCNC=C1. The standard InChI is InChI=1S/C9H16N2O/c1-2-11(12)8-5-9-3-6-10-7-4-9/h3-4,6,10,12H,2,5,7-8H2,1H3. The Bertz CT molecular complexity index is 187. The minimum atomic E-state index is 0.690. The molecule has 0 spiro atoms. The van der Waals surface area contributed by atoms with Gasteiger partial charge in [-0.25, -0.2) is 0 Å². The zero-order valence-electron chi connectivity index (χ0n) is 7.45. The molecule has 0 aromatic heterocycles. The number of nitrogens with one attached hydrogen (secondary N) is 1. The van der Waals surface area contributed by atoms with Crippen LogP contribution < -0.4 is 5.32 Å². The van der Waals surface area contributed by atoms with Crippen LogP contribution in [0.5, 0.6) is 0 Å². The third-order valence-electron chi connectivity index (χ3n) is 1.92. The van der Waals surface area contributed by atoms with Crippen molar-refractivity contribution in [3.63, 3.8) is 0 Å². The molecule has 0 aromatic carbocycles. The molecule has 12 heavy (non-hydrogen) atoms. The van der Waals surface area contributed by atoms with Gasteiger partial charge < -0.3 is 10.5 Å². The zero-order valence-corrected chi connectivity index (χ0v) is 7.45. The summed E-state index contributed by atoms with van der Waals surface area (Å²) in [5.74, 6) is 0. The number of nitrogens with zero attached hydrogens (tertiary/aromatic N) is 1. The van der Waals surface area contributed by atoms with Crippen LogP contribution in [0.3, 0.4) is 0 Å². The fraction of sp³-hybridized carbons (Fsp3) is 0.556. The van der Waals surface area contributed by atoms with Gasteiger partial charge in [-0.05, 0) is 24.3 Å².